The monoisotopic (exact) mass is 261 g/mol. The molecule has 0 amide bonds. The Morgan fingerprint density at radius 2 is 1.78 bits per heavy atom. The van der Waals surface area contributed by atoms with Crippen LogP contribution in [0.3, 0.4) is 0 Å². The Hall–Kier alpha value is -1.61. The number of anilines is 1. The molecule has 1 aromatic heterocycles. The van der Waals surface area contributed by atoms with Gasteiger partial charge in [0.15, 0.2) is 0 Å². The van der Waals surface area contributed by atoms with Crippen LogP contribution < -0.4 is 5.32 Å². The molecular formula is C14H16ClN3. The lowest BCUT2D eigenvalue weighted by Crippen LogP contribution is -2.05. The first-order valence-corrected chi connectivity index (χ1v) is 6.40. The van der Waals surface area contributed by atoms with Crippen LogP contribution in [-0.2, 0) is 12.4 Å². The molecule has 1 N–H and O–H groups in total. The molecule has 1 aromatic carbocycles. The zero-order chi connectivity index (χ0) is 13.0. The Morgan fingerprint density at radius 3 is 2.44 bits per heavy atom. The maximum absolute atomic E-state index is 5.76. The van der Waals surface area contributed by atoms with E-state index >= 15 is 0 Å². The lowest BCUT2D eigenvalue weighted by atomic mass is 10.1. The zero-order valence-corrected chi connectivity index (χ0v) is 11.3. The number of aromatic nitrogens is 2. The quantitative estimate of drug-likeness (QED) is 0.857. The molecule has 0 aliphatic heterocycles. The zero-order valence-electron chi connectivity index (χ0n) is 10.6. The summed E-state index contributed by atoms with van der Waals surface area (Å²) in [5, 5.41) is 3.30. The van der Waals surface area contributed by atoms with Crippen LogP contribution in [0, 0.1) is 13.8 Å². The molecule has 18 heavy (non-hydrogen) atoms. The lowest BCUT2D eigenvalue weighted by molar-refractivity contribution is 1.02. The van der Waals surface area contributed by atoms with Crippen molar-refractivity contribution in [2.24, 2.45) is 0 Å². The smallest absolute Gasteiger partial charge is 0.148 e. The van der Waals surface area contributed by atoms with Gasteiger partial charge in [0.05, 0.1) is 11.4 Å². The number of hydrogen-bond acceptors (Lipinski definition) is 3. The van der Waals surface area contributed by atoms with Crippen LogP contribution in [-0.4, -0.2) is 9.97 Å². The van der Waals surface area contributed by atoms with Crippen molar-refractivity contribution in [2.45, 2.75) is 26.3 Å². The van der Waals surface area contributed by atoms with E-state index in [2.05, 4.69) is 27.4 Å². The molecule has 4 heteroatoms. The Balaban J connectivity index is 2.04. The van der Waals surface area contributed by atoms with Gasteiger partial charge in [-0.2, -0.15) is 0 Å². The molecule has 0 aliphatic carbocycles. The van der Waals surface area contributed by atoms with E-state index in [0.717, 1.165) is 29.3 Å². The van der Waals surface area contributed by atoms with Crippen LogP contribution in [0.4, 0.5) is 5.82 Å². The molecule has 0 unspecified atom stereocenters. The van der Waals surface area contributed by atoms with E-state index in [4.69, 9.17) is 11.6 Å². The van der Waals surface area contributed by atoms with Crippen LogP contribution in [0.1, 0.15) is 22.5 Å². The van der Waals surface area contributed by atoms with Gasteiger partial charge in [0.2, 0.25) is 0 Å². The Bertz CT molecular complexity index is 523. The van der Waals surface area contributed by atoms with Gasteiger partial charge in [-0.25, -0.2) is 4.98 Å². The summed E-state index contributed by atoms with van der Waals surface area (Å²) in [5.74, 6) is 1.40. The maximum Gasteiger partial charge on any atom is 0.148 e. The lowest BCUT2D eigenvalue weighted by Gasteiger charge is -2.09. The average molecular weight is 262 g/mol. The largest absolute Gasteiger partial charge is 0.364 e. The van der Waals surface area contributed by atoms with Crippen LogP contribution in [0.5, 0.6) is 0 Å². The highest BCUT2D eigenvalue weighted by Crippen LogP contribution is 2.12. The third-order valence-corrected chi connectivity index (χ3v) is 3.02. The van der Waals surface area contributed by atoms with Crippen molar-refractivity contribution in [1.29, 1.82) is 0 Å². The van der Waals surface area contributed by atoms with Gasteiger partial charge in [-0.05, 0) is 25.0 Å². The van der Waals surface area contributed by atoms with Crippen molar-refractivity contribution in [3.8, 4) is 0 Å². The summed E-state index contributed by atoms with van der Waals surface area (Å²) in [7, 11) is 0. The fourth-order valence-electron chi connectivity index (χ4n) is 1.64. The van der Waals surface area contributed by atoms with Crippen molar-refractivity contribution >= 4 is 17.4 Å². The summed E-state index contributed by atoms with van der Waals surface area (Å²) >= 11 is 5.76. The third kappa shape index (κ3) is 3.20. The molecule has 2 aromatic rings. The van der Waals surface area contributed by atoms with Crippen LogP contribution in [0.2, 0.25) is 0 Å². The Kier molecular flexibility index (Phi) is 4.15. The number of aryl methyl sites for hydroxylation is 2. The van der Waals surface area contributed by atoms with Gasteiger partial charge in [0.1, 0.15) is 5.82 Å². The SMILES string of the molecule is Cc1cnc(C)c(NCc2ccc(CCl)cc2)n1. The topological polar surface area (TPSA) is 37.8 Å². The summed E-state index contributed by atoms with van der Waals surface area (Å²) in [6.07, 6.45) is 1.77. The second-order valence-electron chi connectivity index (χ2n) is 4.25. The fraction of sp³-hybridized carbons (Fsp3) is 0.286. The van der Waals surface area contributed by atoms with E-state index in [-0.39, 0.29) is 0 Å². The van der Waals surface area contributed by atoms with Gasteiger partial charge in [0, 0.05) is 18.6 Å². The van der Waals surface area contributed by atoms with E-state index in [0.29, 0.717) is 5.88 Å². The van der Waals surface area contributed by atoms with Crippen molar-refractivity contribution in [2.75, 3.05) is 5.32 Å². The van der Waals surface area contributed by atoms with E-state index in [1.807, 2.05) is 26.0 Å². The Labute approximate surface area is 112 Å². The number of alkyl halides is 1. The number of nitrogens with zero attached hydrogens (tertiary/aromatic N) is 2. The predicted molar refractivity (Wildman–Crippen MR) is 74.8 cm³/mol. The summed E-state index contributed by atoms with van der Waals surface area (Å²) < 4.78 is 0. The average Bonchev–Trinajstić information content (AvgIpc) is 2.40. The molecule has 0 fully saturated rings. The first kappa shape index (κ1) is 12.8. The first-order valence-electron chi connectivity index (χ1n) is 5.87. The van der Waals surface area contributed by atoms with Gasteiger partial charge in [0.25, 0.3) is 0 Å². The van der Waals surface area contributed by atoms with Gasteiger partial charge >= 0.3 is 0 Å². The summed E-state index contributed by atoms with van der Waals surface area (Å²) in [5.41, 5.74) is 4.16. The minimum Gasteiger partial charge on any atom is -0.364 e. The number of nitrogens with one attached hydrogen (secondary N) is 1. The number of rotatable bonds is 4. The summed E-state index contributed by atoms with van der Waals surface area (Å²) in [4.78, 5) is 8.70. The number of hydrogen-bond donors (Lipinski definition) is 1. The molecule has 0 bridgehead atoms. The third-order valence-electron chi connectivity index (χ3n) is 2.71. The fourth-order valence-corrected chi connectivity index (χ4v) is 1.82. The highest BCUT2D eigenvalue weighted by molar-refractivity contribution is 6.17. The highest BCUT2D eigenvalue weighted by atomic mass is 35.5. The predicted octanol–water partition coefficient (Wildman–Crippen LogP) is 3.44. The molecule has 0 radical (unpaired) electrons. The van der Waals surface area contributed by atoms with Gasteiger partial charge in [-0.3, -0.25) is 4.98 Å². The second kappa shape index (κ2) is 5.83. The number of benzene rings is 1. The summed E-state index contributed by atoms with van der Waals surface area (Å²) in [6.45, 7) is 4.62. The van der Waals surface area contributed by atoms with Crippen molar-refractivity contribution < 1.29 is 0 Å². The normalized spacial score (nSPS) is 10.4. The van der Waals surface area contributed by atoms with Crippen molar-refractivity contribution in [1.82, 2.24) is 9.97 Å². The maximum atomic E-state index is 5.76. The molecule has 0 atom stereocenters. The molecule has 0 saturated carbocycles. The molecule has 0 spiro atoms. The molecule has 0 aliphatic rings. The molecule has 1 heterocycles. The van der Waals surface area contributed by atoms with E-state index in [9.17, 15) is 0 Å². The van der Waals surface area contributed by atoms with Crippen molar-refractivity contribution in [3.05, 3.63) is 53.0 Å². The van der Waals surface area contributed by atoms with E-state index in [1.165, 1.54) is 5.56 Å². The second-order valence-corrected chi connectivity index (χ2v) is 4.52. The first-order chi connectivity index (χ1) is 8.69. The van der Waals surface area contributed by atoms with Gasteiger partial charge in [-0.15, -0.1) is 11.6 Å². The van der Waals surface area contributed by atoms with Gasteiger partial charge in [-0.1, -0.05) is 24.3 Å². The Morgan fingerprint density at radius 1 is 1.11 bits per heavy atom. The minimum atomic E-state index is 0.552. The molecule has 3 nitrogen and oxygen atoms in total. The summed E-state index contributed by atoms with van der Waals surface area (Å²) in [6, 6.07) is 8.23. The molecule has 0 saturated heterocycles. The highest BCUT2D eigenvalue weighted by Gasteiger charge is 2.01. The molecular weight excluding hydrogens is 246 g/mol. The van der Waals surface area contributed by atoms with Crippen LogP contribution in [0.25, 0.3) is 0 Å². The van der Waals surface area contributed by atoms with Crippen molar-refractivity contribution in [3.63, 3.8) is 0 Å². The molecule has 2 rings (SSSR count). The van der Waals surface area contributed by atoms with Gasteiger partial charge < -0.3 is 5.32 Å². The van der Waals surface area contributed by atoms with Crippen LogP contribution >= 0.6 is 11.6 Å². The number of halogens is 1. The minimum absolute atomic E-state index is 0.552. The van der Waals surface area contributed by atoms with E-state index in [1.54, 1.807) is 6.20 Å². The van der Waals surface area contributed by atoms with E-state index < -0.39 is 0 Å². The molecule has 94 valence electrons. The standard InChI is InChI=1S/C14H16ClN3/c1-10-8-16-11(2)14(18-10)17-9-13-5-3-12(7-15)4-6-13/h3-6,8H,7,9H2,1-2H3,(H,17,18). The van der Waals surface area contributed by atoms with Crippen LogP contribution in [0.15, 0.2) is 30.5 Å².